The lowest BCUT2D eigenvalue weighted by atomic mass is 10.2. The number of nitrogens with one attached hydrogen (secondary N) is 1. The van der Waals surface area contributed by atoms with E-state index in [0.29, 0.717) is 11.3 Å². The highest BCUT2D eigenvalue weighted by Gasteiger charge is 2.09. The molecule has 0 aliphatic carbocycles. The third-order valence-corrected chi connectivity index (χ3v) is 2.87. The zero-order valence-electron chi connectivity index (χ0n) is 11.2. The van der Waals surface area contributed by atoms with Crippen LogP contribution in [-0.4, -0.2) is 15.0 Å². The summed E-state index contributed by atoms with van der Waals surface area (Å²) in [6.07, 6.45) is 2.76. The van der Waals surface area contributed by atoms with Gasteiger partial charge < -0.3 is 9.88 Å². The van der Waals surface area contributed by atoms with Crippen molar-refractivity contribution in [1.82, 2.24) is 9.13 Å². The fraction of sp³-hybridized carbons (Fsp3) is 0.143. The van der Waals surface area contributed by atoms with E-state index in [1.54, 1.807) is 24.3 Å². The first-order valence-electron chi connectivity index (χ1n) is 6.08. The molecule has 1 amide bonds. The molecule has 1 N–H and O–H groups in total. The van der Waals surface area contributed by atoms with E-state index < -0.39 is 17.0 Å². The van der Waals surface area contributed by atoms with E-state index in [-0.39, 0.29) is 6.54 Å². The molecule has 0 radical (unpaired) electrons. The molecular formula is C14H12N4O3. The van der Waals surface area contributed by atoms with E-state index in [4.69, 9.17) is 5.26 Å². The number of benzene rings is 1. The van der Waals surface area contributed by atoms with Gasteiger partial charge in [0.1, 0.15) is 12.6 Å². The molecule has 1 aromatic carbocycles. The molecule has 1 aromatic heterocycles. The third kappa shape index (κ3) is 3.06. The Bertz CT molecular complexity index is 842. The van der Waals surface area contributed by atoms with Crippen molar-refractivity contribution in [3.05, 3.63) is 62.9 Å². The van der Waals surface area contributed by atoms with Crippen molar-refractivity contribution in [2.24, 2.45) is 7.05 Å². The maximum Gasteiger partial charge on any atom is 0.316 e. The Morgan fingerprint density at radius 1 is 1.24 bits per heavy atom. The van der Waals surface area contributed by atoms with Gasteiger partial charge in [-0.25, -0.2) is 0 Å². The average Bonchev–Trinajstić information content (AvgIpc) is 2.48. The summed E-state index contributed by atoms with van der Waals surface area (Å²) in [7, 11) is 1.46. The number of amides is 1. The van der Waals surface area contributed by atoms with E-state index in [2.05, 4.69) is 5.32 Å². The highest BCUT2D eigenvalue weighted by atomic mass is 16.2. The van der Waals surface area contributed by atoms with Crippen molar-refractivity contribution in [3.8, 4) is 6.07 Å². The minimum atomic E-state index is -0.774. The molecule has 0 spiro atoms. The number of para-hydroxylation sites is 1. The van der Waals surface area contributed by atoms with Crippen LogP contribution in [0.5, 0.6) is 0 Å². The van der Waals surface area contributed by atoms with Crippen molar-refractivity contribution in [2.45, 2.75) is 6.54 Å². The van der Waals surface area contributed by atoms with Crippen LogP contribution >= 0.6 is 0 Å². The van der Waals surface area contributed by atoms with Gasteiger partial charge in [0.15, 0.2) is 0 Å². The average molecular weight is 284 g/mol. The molecule has 0 saturated carbocycles. The van der Waals surface area contributed by atoms with Crippen LogP contribution in [-0.2, 0) is 18.4 Å². The van der Waals surface area contributed by atoms with Crippen molar-refractivity contribution in [3.63, 3.8) is 0 Å². The quantitative estimate of drug-likeness (QED) is 0.806. The molecule has 7 nitrogen and oxygen atoms in total. The Labute approximate surface area is 119 Å². The summed E-state index contributed by atoms with van der Waals surface area (Å²) in [4.78, 5) is 35.1. The molecule has 0 fully saturated rings. The Hall–Kier alpha value is -3.14. The number of hydrogen-bond acceptors (Lipinski definition) is 4. The van der Waals surface area contributed by atoms with Gasteiger partial charge in [-0.05, 0) is 12.1 Å². The van der Waals surface area contributed by atoms with Gasteiger partial charge >= 0.3 is 11.1 Å². The number of rotatable bonds is 3. The normalized spacial score (nSPS) is 9.90. The second kappa shape index (κ2) is 5.88. The summed E-state index contributed by atoms with van der Waals surface area (Å²) >= 11 is 0. The van der Waals surface area contributed by atoms with E-state index >= 15 is 0 Å². The van der Waals surface area contributed by atoms with Crippen molar-refractivity contribution < 1.29 is 4.79 Å². The van der Waals surface area contributed by atoms with Gasteiger partial charge in [-0.3, -0.25) is 19.0 Å². The number of aromatic nitrogens is 2. The SMILES string of the molecule is Cn1ccn(CC(=O)Nc2ccccc2C#N)c(=O)c1=O. The third-order valence-electron chi connectivity index (χ3n) is 2.87. The molecule has 106 valence electrons. The zero-order valence-corrected chi connectivity index (χ0v) is 11.2. The van der Waals surface area contributed by atoms with E-state index in [9.17, 15) is 14.4 Å². The lowest BCUT2D eigenvalue weighted by Crippen LogP contribution is -2.41. The van der Waals surface area contributed by atoms with Gasteiger partial charge in [-0.1, -0.05) is 12.1 Å². The van der Waals surface area contributed by atoms with Gasteiger partial charge in [-0.15, -0.1) is 0 Å². The van der Waals surface area contributed by atoms with Gasteiger partial charge in [0.2, 0.25) is 5.91 Å². The first kappa shape index (κ1) is 14.3. The monoisotopic (exact) mass is 284 g/mol. The number of aryl methyl sites for hydroxylation is 1. The number of anilines is 1. The summed E-state index contributed by atoms with van der Waals surface area (Å²) in [6.45, 7) is -0.297. The molecule has 1 heterocycles. The fourth-order valence-electron chi connectivity index (χ4n) is 1.75. The molecule has 0 unspecified atom stereocenters. The maximum atomic E-state index is 11.9. The van der Waals surface area contributed by atoms with Gasteiger partial charge in [0.25, 0.3) is 0 Å². The summed E-state index contributed by atoms with van der Waals surface area (Å²) in [5.41, 5.74) is -0.796. The molecule has 0 atom stereocenters. The highest BCUT2D eigenvalue weighted by molar-refractivity contribution is 5.91. The Morgan fingerprint density at radius 2 is 1.95 bits per heavy atom. The molecule has 7 heteroatoms. The molecule has 0 aliphatic rings. The summed E-state index contributed by atoms with van der Waals surface area (Å²) in [5.74, 6) is -0.493. The molecular weight excluding hydrogens is 272 g/mol. The van der Waals surface area contributed by atoms with Crippen LogP contribution in [0.3, 0.4) is 0 Å². The molecule has 2 rings (SSSR count). The number of nitrogens with zero attached hydrogens (tertiary/aromatic N) is 3. The van der Waals surface area contributed by atoms with Gasteiger partial charge in [-0.2, -0.15) is 5.26 Å². The van der Waals surface area contributed by atoms with Crippen LogP contribution < -0.4 is 16.4 Å². The fourth-order valence-corrected chi connectivity index (χ4v) is 1.75. The van der Waals surface area contributed by atoms with Crippen LogP contribution in [0.4, 0.5) is 5.69 Å². The van der Waals surface area contributed by atoms with E-state index in [1.807, 2.05) is 6.07 Å². The first-order chi connectivity index (χ1) is 10.0. The highest BCUT2D eigenvalue weighted by Crippen LogP contribution is 2.13. The predicted molar refractivity (Wildman–Crippen MR) is 75.7 cm³/mol. The predicted octanol–water partition coefficient (Wildman–Crippen LogP) is 0.0574. The van der Waals surface area contributed by atoms with Crippen LogP contribution in [0.1, 0.15) is 5.56 Å². The number of nitriles is 1. The second-order valence-corrected chi connectivity index (χ2v) is 4.35. The standard InChI is InChI=1S/C14H12N4O3/c1-17-6-7-18(14(21)13(17)20)9-12(19)16-11-5-3-2-4-10(11)8-15/h2-7H,9H2,1H3,(H,16,19). The van der Waals surface area contributed by atoms with Gasteiger partial charge in [0.05, 0.1) is 11.3 Å². The van der Waals surface area contributed by atoms with Crippen molar-refractivity contribution >= 4 is 11.6 Å². The van der Waals surface area contributed by atoms with Crippen LogP contribution in [0.2, 0.25) is 0 Å². The topological polar surface area (TPSA) is 96.9 Å². The smallest absolute Gasteiger partial charge is 0.316 e. The lowest BCUT2D eigenvalue weighted by Gasteiger charge is -2.08. The van der Waals surface area contributed by atoms with E-state index in [0.717, 1.165) is 9.13 Å². The summed E-state index contributed by atoms with van der Waals surface area (Å²) < 4.78 is 2.16. The van der Waals surface area contributed by atoms with Gasteiger partial charge in [0, 0.05) is 19.4 Å². The largest absolute Gasteiger partial charge is 0.323 e. The summed E-state index contributed by atoms with van der Waals surface area (Å²) in [5, 5.41) is 11.5. The lowest BCUT2D eigenvalue weighted by molar-refractivity contribution is -0.116. The Morgan fingerprint density at radius 3 is 2.67 bits per heavy atom. The molecule has 0 bridgehead atoms. The minimum absolute atomic E-state index is 0.297. The van der Waals surface area contributed by atoms with Crippen molar-refractivity contribution in [2.75, 3.05) is 5.32 Å². The Balaban J connectivity index is 2.20. The minimum Gasteiger partial charge on any atom is -0.323 e. The number of carbonyl (C=O) groups is 1. The number of hydrogen-bond donors (Lipinski definition) is 1. The zero-order chi connectivity index (χ0) is 15.4. The molecule has 2 aromatic rings. The van der Waals surface area contributed by atoms with E-state index in [1.165, 1.54) is 19.4 Å². The van der Waals surface area contributed by atoms with Crippen LogP contribution in [0.15, 0.2) is 46.2 Å². The molecule has 21 heavy (non-hydrogen) atoms. The van der Waals surface area contributed by atoms with Crippen LogP contribution in [0.25, 0.3) is 0 Å². The van der Waals surface area contributed by atoms with Crippen molar-refractivity contribution in [1.29, 1.82) is 5.26 Å². The van der Waals surface area contributed by atoms with Crippen LogP contribution in [0, 0.1) is 11.3 Å². The first-order valence-corrected chi connectivity index (χ1v) is 6.08. The number of carbonyl (C=O) groups excluding carboxylic acids is 1. The second-order valence-electron chi connectivity index (χ2n) is 4.35. The molecule has 0 saturated heterocycles. The molecule has 0 aliphatic heterocycles. The summed E-state index contributed by atoms with van der Waals surface area (Å²) in [6, 6.07) is 8.47. The maximum absolute atomic E-state index is 11.9. The Kier molecular flexibility index (Phi) is 4.00.